The molecule has 1 aliphatic heterocycles. The van der Waals surface area contributed by atoms with Crippen molar-refractivity contribution in [1.29, 1.82) is 0 Å². The van der Waals surface area contributed by atoms with E-state index < -0.39 is 6.10 Å². The average Bonchev–Trinajstić information content (AvgIpc) is 1.99. The number of likely N-dealkylation sites (N-methyl/N-ethyl adjacent to an activating group) is 1. The van der Waals surface area contributed by atoms with Gasteiger partial charge in [-0.3, -0.25) is 9.59 Å². The smallest absolute Gasteiger partial charge is 0.242 e. The van der Waals surface area contributed by atoms with Gasteiger partial charge in [-0.25, -0.2) is 0 Å². The van der Waals surface area contributed by atoms with Gasteiger partial charge in [0.05, 0.1) is 19.2 Å². The predicted octanol–water partition coefficient (Wildman–Crippen LogP) is -1.33. The number of hydrogen-bond donors (Lipinski definition) is 1. The minimum absolute atomic E-state index is 0.0831. The van der Waals surface area contributed by atoms with E-state index in [9.17, 15) is 9.59 Å². The molecule has 5 nitrogen and oxygen atoms in total. The van der Waals surface area contributed by atoms with Crippen LogP contribution in [0.25, 0.3) is 0 Å². The van der Waals surface area contributed by atoms with Gasteiger partial charge in [-0.05, 0) is 6.92 Å². The van der Waals surface area contributed by atoms with E-state index >= 15 is 0 Å². The molecule has 74 valence electrons. The molecule has 0 radical (unpaired) electrons. The standard InChI is InChI=1S/C8H14N2O3/c1-6(11)3-10-5-7(12)9(2)4-8(10)13/h6,11H,3-5H2,1-2H3. The molecule has 0 spiro atoms. The van der Waals surface area contributed by atoms with Crippen LogP contribution in [0.5, 0.6) is 0 Å². The predicted molar refractivity (Wildman–Crippen MR) is 45.9 cm³/mol. The minimum atomic E-state index is -0.583. The van der Waals surface area contributed by atoms with E-state index in [1.165, 1.54) is 9.80 Å². The normalized spacial score (nSPS) is 20.8. The molecule has 0 bridgehead atoms. The molecule has 1 rings (SSSR count). The van der Waals surface area contributed by atoms with Crippen LogP contribution in [0.4, 0.5) is 0 Å². The first-order chi connectivity index (χ1) is 6.00. The second kappa shape index (κ2) is 3.74. The monoisotopic (exact) mass is 186 g/mol. The topological polar surface area (TPSA) is 60.9 Å². The summed E-state index contributed by atoms with van der Waals surface area (Å²) in [5.41, 5.74) is 0. The van der Waals surface area contributed by atoms with Crippen LogP contribution >= 0.6 is 0 Å². The van der Waals surface area contributed by atoms with Crippen LogP contribution < -0.4 is 0 Å². The van der Waals surface area contributed by atoms with Crippen molar-refractivity contribution in [3.8, 4) is 0 Å². The Hall–Kier alpha value is -1.10. The average molecular weight is 186 g/mol. The van der Waals surface area contributed by atoms with Crippen LogP contribution in [0.15, 0.2) is 0 Å². The SMILES string of the molecule is CC(O)CN1CC(=O)N(C)CC1=O. The third kappa shape index (κ3) is 2.42. The van der Waals surface area contributed by atoms with Crippen LogP contribution in [-0.4, -0.2) is 59.5 Å². The maximum atomic E-state index is 11.3. The van der Waals surface area contributed by atoms with E-state index in [1.807, 2.05) is 0 Å². The van der Waals surface area contributed by atoms with Crippen molar-refractivity contribution in [2.45, 2.75) is 13.0 Å². The molecule has 1 fully saturated rings. The highest BCUT2D eigenvalue weighted by atomic mass is 16.3. The molecular formula is C8H14N2O3. The van der Waals surface area contributed by atoms with Crippen molar-refractivity contribution in [3.63, 3.8) is 0 Å². The summed E-state index contributed by atoms with van der Waals surface area (Å²) < 4.78 is 0. The van der Waals surface area contributed by atoms with Gasteiger partial charge in [0.2, 0.25) is 11.8 Å². The summed E-state index contributed by atoms with van der Waals surface area (Å²) in [6.07, 6.45) is -0.583. The lowest BCUT2D eigenvalue weighted by atomic mass is 10.2. The van der Waals surface area contributed by atoms with Gasteiger partial charge in [0.25, 0.3) is 0 Å². The Kier molecular flexibility index (Phi) is 2.87. The number of β-amino-alcohol motifs (C(OH)–C–C–N with tert-alkyl or cyclic N) is 1. The van der Waals surface area contributed by atoms with E-state index in [4.69, 9.17) is 5.11 Å². The molecule has 0 aromatic rings. The Bertz CT molecular complexity index is 227. The highest BCUT2D eigenvalue weighted by molar-refractivity contribution is 5.92. The Morgan fingerprint density at radius 3 is 2.54 bits per heavy atom. The summed E-state index contributed by atoms with van der Waals surface area (Å²) >= 11 is 0. The second-order valence-electron chi connectivity index (χ2n) is 3.37. The quantitative estimate of drug-likeness (QED) is 0.581. The van der Waals surface area contributed by atoms with Crippen molar-refractivity contribution in [2.24, 2.45) is 0 Å². The molecule has 1 heterocycles. The summed E-state index contributed by atoms with van der Waals surface area (Å²) in [7, 11) is 1.60. The first-order valence-electron chi connectivity index (χ1n) is 4.20. The summed E-state index contributed by atoms with van der Waals surface area (Å²) in [6.45, 7) is 2.03. The van der Waals surface area contributed by atoms with Gasteiger partial charge in [-0.2, -0.15) is 0 Å². The number of aliphatic hydroxyl groups is 1. The van der Waals surface area contributed by atoms with E-state index in [1.54, 1.807) is 14.0 Å². The van der Waals surface area contributed by atoms with E-state index in [0.717, 1.165) is 0 Å². The van der Waals surface area contributed by atoms with Crippen LogP contribution in [0, 0.1) is 0 Å². The molecule has 13 heavy (non-hydrogen) atoms. The zero-order chi connectivity index (χ0) is 10.0. The fourth-order valence-corrected chi connectivity index (χ4v) is 1.25. The lowest BCUT2D eigenvalue weighted by Crippen LogP contribution is -2.53. The molecule has 0 aliphatic carbocycles. The zero-order valence-electron chi connectivity index (χ0n) is 7.86. The Labute approximate surface area is 76.9 Å². The number of nitrogens with zero attached hydrogens (tertiary/aromatic N) is 2. The van der Waals surface area contributed by atoms with Gasteiger partial charge < -0.3 is 14.9 Å². The third-order valence-corrected chi connectivity index (χ3v) is 1.96. The Morgan fingerprint density at radius 2 is 2.00 bits per heavy atom. The first kappa shape index (κ1) is 9.98. The third-order valence-electron chi connectivity index (χ3n) is 1.96. The lowest BCUT2D eigenvalue weighted by molar-refractivity contribution is -0.149. The minimum Gasteiger partial charge on any atom is -0.392 e. The number of carbonyl (C=O) groups is 2. The molecular weight excluding hydrogens is 172 g/mol. The largest absolute Gasteiger partial charge is 0.392 e. The zero-order valence-corrected chi connectivity index (χ0v) is 7.86. The van der Waals surface area contributed by atoms with E-state index in [0.29, 0.717) is 0 Å². The van der Waals surface area contributed by atoms with Gasteiger partial charge in [0.1, 0.15) is 0 Å². The van der Waals surface area contributed by atoms with E-state index in [-0.39, 0.29) is 31.4 Å². The molecule has 1 aliphatic rings. The van der Waals surface area contributed by atoms with Gasteiger partial charge in [-0.1, -0.05) is 0 Å². The first-order valence-corrected chi connectivity index (χ1v) is 4.20. The lowest BCUT2D eigenvalue weighted by Gasteiger charge is -2.32. The van der Waals surface area contributed by atoms with Gasteiger partial charge in [0.15, 0.2) is 0 Å². The number of hydrogen-bond acceptors (Lipinski definition) is 3. The summed E-state index contributed by atoms with van der Waals surface area (Å²) in [5, 5.41) is 9.06. The molecule has 5 heteroatoms. The highest BCUT2D eigenvalue weighted by Crippen LogP contribution is 2.03. The number of aliphatic hydroxyl groups excluding tert-OH is 1. The molecule has 0 aromatic carbocycles. The highest BCUT2D eigenvalue weighted by Gasteiger charge is 2.27. The van der Waals surface area contributed by atoms with Crippen LogP contribution in [0.1, 0.15) is 6.92 Å². The van der Waals surface area contributed by atoms with Crippen molar-refractivity contribution < 1.29 is 14.7 Å². The number of carbonyl (C=O) groups excluding carboxylic acids is 2. The second-order valence-corrected chi connectivity index (χ2v) is 3.37. The van der Waals surface area contributed by atoms with Crippen molar-refractivity contribution in [1.82, 2.24) is 9.80 Å². The van der Waals surface area contributed by atoms with Crippen LogP contribution in [0.2, 0.25) is 0 Å². The number of amides is 2. The van der Waals surface area contributed by atoms with Crippen LogP contribution in [0.3, 0.4) is 0 Å². The number of rotatable bonds is 2. The van der Waals surface area contributed by atoms with Crippen LogP contribution in [-0.2, 0) is 9.59 Å². The Balaban J connectivity index is 2.56. The molecule has 2 amide bonds. The summed E-state index contributed by atoms with van der Waals surface area (Å²) in [6, 6.07) is 0. The maximum absolute atomic E-state index is 11.3. The fraction of sp³-hybridized carbons (Fsp3) is 0.750. The summed E-state index contributed by atoms with van der Waals surface area (Å²) in [4.78, 5) is 25.3. The van der Waals surface area contributed by atoms with Gasteiger partial charge >= 0.3 is 0 Å². The van der Waals surface area contributed by atoms with E-state index in [2.05, 4.69) is 0 Å². The number of piperazine rings is 1. The summed E-state index contributed by atoms with van der Waals surface area (Å²) in [5.74, 6) is -0.191. The van der Waals surface area contributed by atoms with Crippen molar-refractivity contribution >= 4 is 11.8 Å². The Morgan fingerprint density at radius 1 is 1.38 bits per heavy atom. The van der Waals surface area contributed by atoms with Gasteiger partial charge in [0, 0.05) is 13.6 Å². The van der Waals surface area contributed by atoms with Crippen molar-refractivity contribution in [2.75, 3.05) is 26.7 Å². The molecule has 0 aromatic heterocycles. The molecule has 1 saturated heterocycles. The van der Waals surface area contributed by atoms with Gasteiger partial charge in [-0.15, -0.1) is 0 Å². The van der Waals surface area contributed by atoms with Crippen molar-refractivity contribution in [3.05, 3.63) is 0 Å². The molecule has 1 unspecified atom stereocenters. The fourth-order valence-electron chi connectivity index (χ4n) is 1.25. The maximum Gasteiger partial charge on any atom is 0.242 e. The molecule has 0 saturated carbocycles. The molecule has 1 N–H and O–H groups in total. The molecule has 1 atom stereocenters.